The first-order valence-corrected chi connectivity index (χ1v) is 8.21. The van der Waals surface area contributed by atoms with E-state index >= 15 is 0 Å². The van der Waals surface area contributed by atoms with Crippen LogP contribution in [0.25, 0.3) is 0 Å². The predicted octanol–water partition coefficient (Wildman–Crippen LogP) is 0.803. The van der Waals surface area contributed by atoms with E-state index in [1.165, 1.54) is 5.01 Å². The van der Waals surface area contributed by atoms with E-state index in [2.05, 4.69) is 20.3 Å². The second kappa shape index (κ2) is 9.94. The number of hydroxylamine groups is 2. The maximum absolute atomic E-state index is 11.7. The fourth-order valence-electron chi connectivity index (χ4n) is 2.24. The fraction of sp³-hybridized carbons (Fsp3) is 0.438. The maximum Gasteiger partial charge on any atom is 0.373 e. The highest BCUT2D eigenvalue weighted by molar-refractivity contribution is 6.01. The van der Waals surface area contributed by atoms with Crippen LogP contribution in [0.5, 0.6) is 0 Å². The molecule has 0 radical (unpaired) electrons. The Morgan fingerprint density at radius 1 is 1.33 bits per heavy atom. The quantitative estimate of drug-likeness (QED) is 0.253. The molecule has 11 heteroatoms. The summed E-state index contributed by atoms with van der Waals surface area (Å²) in [4.78, 5) is 58.6. The molecule has 0 saturated carbocycles. The fourth-order valence-corrected chi connectivity index (χ4v) is 2.24. The van der Waals surface area contributed by atoms with Crippen molar-refractivity contribution in [1.29, 1.82) is 0 Å². The second-order valence-corrected chi connectivity index (χ2v) is 5.66. The van der Waals surface area contributed by atoms with Crippen molar-refractivity contribution in [3.05, 3.63) is 35.0 Å². The highest BCUT2D eigenvalue weighted by Gasteiger charge is 2.32. The highest BCUT2D eigenvalue weighted by atomic mass is 16.7. The monoisotopic (exact) mass is 377 g/mol. The Labute approximate surface area is 154 Å². The number of rotatable bonds is 10. The smallest absolute Gasteiger partial charge is 0.373 e. The number of imide groups is 1. The zero-order chi connectivity index (χ0) is 19.6. The molecule has 1 aromatic rings. The van der Waals surface area contributed by atoms with Gasteiger partial charge in [0, 0.05) is 44.4 Å². The molecule has 2 heterocycles. The van der Waals surface area contributed by atoms with E-state index in [4.69, 9.17) is 4.84 Å². The molecule has 144 valence electrons. The van der Waals surface area contributed by atoms with Gasteiger partial charge in [0.05, 0.1) is 11.0 Å². The van der Waals surface area contributed by atoms with Crippen LogP contribution in [0.3, 0.4) is 0 Å². The van der Waals surface area contributed by atoms with Crippen molar-refractivity contribution < 1.29 is 24.1 Å². The molecule has 0 spiro atoms. The largest absolute Gasteiger partial charge is 0.383 e. The average Bonchev–Trinajstić information content (AvgIpc) is 2.99. The molecule has 2 rings (SSSR count). The summed E-state index contributed by atoms with van der Waals surface area (Å²) in [6, 6.07) is 3.50. The van der Waals surface area contributed by atoms with Gasteiger partial charge < -0.3 is 9.68 Å². The normalized spacial score (nSPS) is 14.3. The van der Waals surface area contributed by atoms with E-state index in [1.807, 2.05) is 0 Å². The number of pyridine rings is 1. The van der Waals surface area contributed by atoms with Crippen LogP contribution in [0.1, 0.15) is 31.2 Å². The molecule has 1 aliphatic rings. The minimum Gasteiger partial charge on any atom is -0.383 e. The van der Waals surface area contributed by atoms with Crippen LogP contribution in [-0.4, -0.2) is 58.8 Å². The minimum absolute atomic E-state index is 0.0143. The third-order valence-electron chi connectivity index (χ3n) is 3.59. The molecular formula is C16H19N5O6. The second-order valence-electron chi connectivity index (χ2n) is 5.66. The molecule has 0 bridgehead atoms. The van der Waals surface area contributed by atoms with Crippen LogP contribution in [0, 0.1) is 4.91 Å². The van der Waals surface area contributed by atoms with Gasteiger partial charge in [0.25, 0.3) is 11.8 Å². The summed E-state index contributed by atoms with van der Waals surface area (Å²) in [5.74, 6) is -2.06. The van der Waals surface area contributed by atoms with Gasteiger partial charge in [-0.05, 0) is 25.0 Å². The van der Waals surface area contributed by atoms with Crippen molar-refractivity contribution in [3.8, 4) is 0 Å². The molecule has 0 atom stereocenters. The maximum atomic E-state index is 11.7. The number of nitrogens with zero attached hydrogens (tertiary/aromatic N) is 5. The lowest BCUT2D eigenvalue weighted by Crippen LogP contribution is -2.33. The van der Waals surface area contributed by atoms with E-state index < -0.39 is 24.4 Å². The first kappa shape index (κ1) is 19.9. The number of hydrogen-bond donors (Lipinski definition) is 0. The molecule has 0 aromatic carbocycles. The highest BCUT2D eigenvalue weighted by Crippen LogP contribution is 2.12. The van der Waals surface area contributed by atoms with Gasteiger partial charge in [0.15, 0.2) is 0 Å². The molecule has 1 aromatic heterocycles. The summed E-state index contributed by atoms with van der Waals surface area (Å²) in [6.07, 6.45) is 4.24. The number of carbonyl (C=O) groups is 3. The average molecular weight is 377 g/mol. The summed E-state index contributed by atoms with van der Waals surface area (Å²) in [5, 5.41) is 8.41. The van der Waals surface area contributed by atoms with Crippen molar-refractivity contribution in [2.45, 2.75) is 25.7 Å². The number of aromatic nitrogens is 1. The van der Waals surface area contributed by atoms with Crippen molar-refractivity contribution >= 4 is 23.5 Å². The van der Waals surface area contributed by atoms with Crippen LogP contribution < -0.4 is 0 Å². The predicted molar refractivity (Wildman–Crippen MR) is 91.6 cm³/mol. The Balaban J connectivity index is 1.91. The van der Waals surface area contributed by atoms with Crippen molar-refractivity contribution in [1.82, 2.24) is 15.1 Å². The molecule has 0 aliphatic carbocycles. The lowest BCUT2D eigenvalue weighted by Gasteiger charge is -2.12. The van der Waals surface area contributed by atoms with Gasteiger partial charge in [-0.3, -0.25) is 19.6 Å². The van der Waals surface area contributed by atoms with Crippen molar-refractivity contribution in [2.24, 2.45) is 10.4 Å². The number of oxime groups is 1. The molecule has 1 fully saturated rings. The molecular weight excluding hydrogens is 358 g/mol. The third-order valence-corrected chi connectivity index (χ3v) is 3.59. The van der Waals surface area contributed by atoms with Gasteiger partial charge in [-0.1, -0.05) is 5.16 Å². The number of nitroso groups, excluding NO2 is 1. The summed E-state index contributed by atoms with van der Waals surface area (Å²) >= 11 is 0. The minimum atomic E-state index is -0.919. The Kier molecular flexibility index (Phi) is 7.35. The molecule has 11 nitrogen and oxygen atoms in total. The summed E-state index contributed by atoms with van der Waals surface area (Å²) < 4.78 is 0. The lowest BCUT2D eigenvalue weighted by atomic mass is 10.1. The van der Waals surface area contributed by atoms with E-state index in [-0.39, 0.29) is 12.8 Å². The van der Waals surface area contributed by atoms with Gasteiger partial charge in [-0.2, -0.15) is 0 Å². The van der Waals surface area contributed by atoms with Gasteiger partial charge in [-0.25, -0.2) is 4.79 Å². The van der Waals surface area contributed by atoms with Gasteiger partial charge in [0.2, 0.25) is 6.61 Å². The molecule has 1 saturated heterocycles. The first-order valence-electron chi connectivity index (χ1n) is 8.21. The Hall–Kier alpha value is -3.37. The zero-order valence-corrected chi connectivity index (χ0v) is 14.7. The summed E-state index contributed by atoms with van der Waals surface area (Å²) in [5.41, 5.74) is 1.21. The lowest BCUT2D eigenvalue weighted by molar-refractivity contribution is -0.200. The van der Waals surface area contributed by atoms with E-state index in [0.29, 0.717) is 35.7 Å². The van der Waals surface area contributed by atoms with Gasteiger partial charge in [-0.15, -0.1) is 9.97 Å². The van der Waals surface area contributed by atoms with Gasteiger partial charge >= 0.3 is 5.97 Å². The standard InChI is InChI=1S/C16H19N5O6/c1-20(19-25)9-3-5-13(12-4-2-8-17-10-12)18-26-11-16(24)27-21-14(22)6-7-15(21)23/h2,4,8,10H,3,5-7,9,11H2,1H3/b18-13+. The van der Waals surface area contributed by atoms with E-state index in [9.17, 15) is 19.3 Å². The topological polar surface area (TPSA) is 131 Å². The zero-order valence-electron chi connectivity index (χ0n) is 14.7. The summed E-state index contributed by atoms with van der Waals surface area (Å²) in [7, 11) is 1.56. The molecule has 2 amide bonds. The van der Waals surface area contributed by atoms with Crippen LogP contribution >= 0.6 is 0 Å². The molecule has 27 heavy (non-hydrogen) atoms. The van der Waals surface area contributed by atoms with Crippen LogP contribution in [-0.2, 0) is 24.1 Å². The van der Waals surface area contributed by atoms with Crippen LogP contribution in [0.15, 0.2) is 35.0 Å². The van der Waals surface area contributed by atoms with E-state index in [0.717, 1.165) is 0 Å². The number of hydrogen-bond acceptors (Lipinski definition) is 9. The Morgan fingerprint density at radius 3 is 2.70 bits per heavy atom. The van der Waals surface area contributed by atoms with Crippen molar-refractivity contribution in [2.75, 3.05) is 20.2 Å². The number of amides is 2. The molecule has 0 N–H and O–H groups in total. The van der Waals surface area contributed by atoms with Crippen LogP contribution in [0.4, 0.5) is 0 Å². The van der Waals surface area contributed by atoms with E-state index in [1.54, 1.807) is 31.6 Å². The van der Waals surface area contributed by atoms with Crippen LogP contribution in [0.2, 0.25) is 0 Å². The Bertz CT molecular complexity index is 707. The Morgan fingerprint density at radius 2 is 2.07 bits per heavy atom. The molecule has 1 aliphatic heterocycles. The SMILES string of the molecule is CN(CCC/C(=N\OCC(=O)ON1C(=O)CCC1=O)c1cccnc1)N=O. The first-order chi connectivity index (χ1) is 13.0. The third kappa shape index (κ3) is 6.13. The van der Waals surface area contributed by atoms with Crippen molar-refractivity contribution in [3.63, 3.8) is 0 Å². The summed E-state index contributed by atoms with van der Waals surface area (Å²) in [6.45, 7) is -0.152. The molecule has 0 unspecified atom stereocenters. The number of carbonyl (C=O) groups excluding carboxylic acids is 3. The van der Waals surface area contributed by atoms with Gasteiger partial charge in [0.1, 0.15) is 0 Å².